The van der Waals surface area contributed by atoms with E-state index in [0.29, 0.717) is 30.5 Å². The van der Waals surface area contributed by atoms with Gasteiger partial charge in [-0.1, -0.05) is 12.1 Å². The molecular weight excluding hydrogens is 395 g/mol. The second-order valence-corrected chi connectivity index (χ2v) is 8.34. The molecule has 1 aliphatic heterocycles. The van der Waals surface area contributed by atoms with E-state index >= 15 is 0 Å². The summed E-state index contributed by atoms with van der Waals surface area (Å²) in [5.41, 5.74) is 2.02. The van der Waals surface area contributed by atoms with Crippen LogP contribution in [0.2, 0.25) is 0 Å². The molecule has 1 unspecified atom stereocenters. The molecule has 6 nitrogen and oxygen atoms in total. The lowest BCUT2D eigenvalue weighted by molar-refractivity contribution is 0.0600. The molecule has 2 aliphatic rings. The van der Waals surface area contributed by atoms with Gasteiger partial charge in [0.1, 0.15) is 11.6 Å². The number of carbonyl (C=O) groups excluding carboxylic acids is 1. The van der Waals surface area contributed by atoms with Gasteiger partial charge in [0, 0.05) is 24.4 Å². The minimum absolute atomic E-state index is 0.0605. The third-order valence-electron chi connectivity index (χ3n) is 5.96. The first kappa shape index (κ1) is 19.7. The predicted octanol–water partition coefficient (Wildman–Crippen LogP) is 4.77. The summed E-state index contributed by atoms with van der Waals surface area (Å²) in [4.78, 5) is 27.2. The van der Waals surface area contributed by atoms with E-state index in [1.807, 2.05) is 11.0 Å². The molecular formula is C24H25FN4O2. The molecule has 1 saturated carbocycles. The number of likely N-dealkylation sites (tertiary alicyclic amines) is 1. The third kappa shape index (κ3) is 4.45. The number of ether oxygens (including phenoxy) is 1. The lowest BCUT2D eigenvalue weighted by Gasteiger charge is -2.34. The summed E-state index contributed by atoms with van der Waals surface area (Å²) in [7, 11) is 0. The van der Waals surface area contributed by atoms with Crippen molar-refractivity contribution in [1.82, 2.24) is 19.9 Å². The van der Waals surface area contributed by atoms with Gasteiger partial charge in [-0.3, -0.25) is 4.79 Å². The average Bonchev–Trinajstić information content (AvgIpc) is 3.51. The molecule has 3 heterocycles. The Morgan fingerprint density at radius 1 is 1.13 bits per heavy atom. The van der Waals surface area contributed by atoms with Gasteiger partial charge in [-0.15, -0.1) is 0 Å². The summed E-state index contributed by atoms with van der Waals surface area (Å²) in [6.07, 6.45) is 8.55. The van der Waals surface area contributed by atoms with Crippen LogP contribution in [0.3, 0.4) is 0 Å². The number of benzene rings is 1. The van der Waals surface area contributed by atoms with E-state index in [2.05, 4.69) is 15.0 Å². The Morgan fingerprint density at radius 2 is 2.03 bits per heavy atom. The van der Waals surface area contributed by atoms with Crippen LogP contribution in [0.25, 0.3) is 11.3 Å². The standard InChI is InChI=1S/C24H25FN4O2/c25-19-5-3-4-17(12-19)20-14-27-23(28-20)21-6-1-2-11-29(21)24(30)18-9-10-22(26-13-18)31-15-16-7-8-16/h3-5,9-10,12-14,16,21H,1-2,6-8,11,15H2,(H,27,28). The Labute approximate surface area is 180 Å². The zero-order valence-corrected chi connectivity index (χ0v) is 17.3. The van der Waals surface area contributed by atoms with Crippen LogP contribution in [0.15, 0.2) is 48.8 Å². The fraction of sp³-hybridized carbons (Fsp3) is 0.375. The van der Waals surface area contributed by atoms with Crippen LogP contribution in [-0.2, 0) is 0 Å². The minimum atomic E-state index is -0.292. The number of nitrogens with zero attached hydrogens (tertiary/aromatic N) is 3. The van der Waals surface area contributed by atoms with Crippen LogP contribution in [0.4, 0.5) is 4.39 Å². The first-order valence-corrected chi connectivity index (χ1v) is 10.9. The highest BCUT2D eigenvalue weighted by molar-refractivity contribution is 5.94. The Hall–Kier alpha value is -3.22. The van der Waals surface area contributed by atoms with Crippen LogP contribution in [-0.4, -0.2) is 38.9 Å². The number of imidazole rings is 1. The van der Waals surface area contributed by atoms with E-state index in [9.17, 15) is 9.18 Å². The molecule has 5 rings (SSSR count). The van der Waals surface area contributed by atoms with Crippen molar-refractivity contribution >= 4 is 5.91 Å². The highest BCUT2D eigenvalue weighted by Crippen LogP contribution is 2.32. The van der Waals surface area contributed by atoms with Crippen molar-refractivity contribution in [2.45, 2.75) is 38.1 Å². The maximum absolute atomic E-state index is 13.6. The topological polar surface area (TPSA) is 71.1 Å². The van der Waals surface area contributed by atoms with E-state index in [4.69, 9.17) is 4.74 Å². The number of amides is 1. The summed E-state index contributed by atoms with van der Waals surface area (Å²) in [5.74, 6) is 1.59. The number of aromatic nitrogens is 3. The molecule has 0 spiro atoms. The van der Waals surface area contributed by atoms with Crippen molar-refractivity contribution < 1.29 is 13.9 Å². The van der Waals surface area contributed by atoms with Crippen molar-refractivity contribution in [1.29, 1.82) is 0 Å². The molecule has 7 heteroatoms. The smallest absolute Gasteiger partial charge is 0.256 e. The zero-order valence-electron chi connectivity index (χ0n) is 17.3. The van der Waals surface area contributed by atoms with E-state index in [1.165, 1.54) is 25.0 Å². The summed E-state index contributed by atoms with van der Waals surface area (Å²) < 4.78 is 19.3. The van der Waals surface area contributed by atoms with Gasteiger partial charge in [-0.05, 0) is 56.2 Å². The second-order valence-electron chi connectivity index (χ2n) is 8.34. The Kier molecular flexibility index (Phi) is 5.40. The summed E-state index contributed by atoms with van der Waals surface area (Å²) in [5, 5.41) is 0. The van der Waals surface area contributed by atoms with Crippen LogP contribution in [0.5, 0.6) is 5.88 Å². The van der Waals surface area contributed by atoms with Crippen LogP contribution in [0, 0.1) is 11.7 Å². The number of aromatic amines is 1. The monoisotopic (exact) mass is 420 g/mol. The first-order valence-electron chi connectivity index (χ1n) is 10.9. The average molecular weight is 420 g/mol. The number of piperidine rings is 1. The molecule has 160 valence electrons. The van der Waals surface area contributed by atoms with Gasteiger partial charge in [0.2, 0.25) is 5.88 Å². The molecule has 0 bridgehead atoms. The number of rotatable bonds is 6. The Morgan fingerprint density at radius 3 is 2.81 bits per heavy atom. The van der Waals surface area contributed by atoms with Crippen LogP contribution >= 0.6 is 0 Å². The molecule has 1 aliphatic carbocycles. The van der Waals surface area contributed by atoms with E-state index in [1.54, 1.807) is 30.6 Å². The van der Waals surface area contributed by atoms with Crippen LogP contribution < -0.4 is 4.74 Å². The lowest BCUT2D eigenvalue weighted by atomic mass is 10.0. The van der Waals surface area contributed by atoms with Crippen molar-refractivity contribution in [3.05, 3.63) is 66.0 Å². The van der Waals surface area contributed by atoms with E-state index < -0.39 is 0 Å². The van der Waals surface area contributed by atoms with Gasteiger partial charge in [-0.25, -0.2) is 14.4 Å². The van der Waals surface area contributed by atoms with Crippen molar-refractivity contribution in [3.63, 3.8) is 0 Å². The molecule has 1 aromatic carbocycles. The van der Waals surface area contributed by atoms with Crippen molar-refractivity contribution in [2.24, 2.45) is 5.92 Å². The van der Waals surface area contributed by atoms with Gasteiger partial charge < -0.3 is 14.6 Å². The number of pyridine rings is 1. The third-order valence-corrected chi connectivity index (χ3v) is 5.96. The zero-order chi connectivity index (χ0) is 21.2. The van der Waals surface area contributed by atoms with Gasteiger partial charge >= 0.3 is 0 Å². The normalized spacial score (nSPS) is 18.7. The van der Waals surface area contributed by atoms with Gasteiger partial charge in [0.15, 0.2) is 0 Å². The number of carbonyl (C=O) groups is 1. The van der Waals surface area contributed by atoms with Crippen molar-refractivity contribution in [2.75, 3.05) is 13.2 Å². The number of H-pyrrole nitrogens is 1. The number of hydrogen-bond donors (Lipinski definition) is 1. The van der Waals surface area contributed by atoms with Gasteiger partial charge in [-0.2, -0.15) is 0 Å². The quantitative estimate of drug-likeness (QED) is 0.624. The molecule has 1 saturated heterocycles. The van der Waals surface area contributed by atoms with E-state index in [-0.39, 0.29) is 17.8 Å². The maximum atomic E-state index is 13.6. The lowest BCUT2D eigenvalue weighted by Crippen LogP contribution is -2.39. The van der Waals surface area contributed by atoms with Crippen LogP contribution in [0.1, 0.15) is 54.3 Å². The largest absolute Gasteiger partial charge is 0.477 e. The molecule has 2 aromatic heterocycles. The summed E-state index contributed by atoms with van der Waals surface area (Å²) >= 11 is 0. The number of nitrogens with one attached hydrogen (secondary N) is 1. The fourth-order valence-corrected chi connectivity index (χ4v) is 4.01. The molecule has 1 N–H and O–H groups in total. The highest BCUT2D eigenvalue weighted by Gasteiger charge is 2.31. The summed E-state index contributed by atoms with van der Waals surface area (Å²) in [6.45, 7) is 1.36. The first-order chi connectivity index (χ1) is 15.2. The fourth-order valence-electron chi connectivity index (χ4n) is 4.01. The molecule has 1 atom stereocenters. The van der Waals surface area contributed by atoms with Crippen molar-refractivity contribution in [3.8, 4) is 17.1 Å². The molecule has 31 heavy (non-hydrogen) atoms. The molecule has 3 aromatic rings. The number of hydrogen-bond acceptors (Lipinski definition) is 4. The summed E-state index contributed by atoms with van der Waals surface area (Å²) in [6, 6.07) is 9.80. The van der Waals surface area contributed by atoms with Gasteiger partial charge in [0.25, 0.3) is 5.91 Å². The Balaban J connectivity index is 1.32. The SMILES string of the molecule is O=C(c1ccc(OCC2CC2)nc1)N1CCCCC1c1ncc(-c2cccc(F)c2)[nH]1. The number of halogens is 1. The minimum Gasteiger partial charge on any atom is -0.477 e. The van der Waals surface area contributed by atoms with Gasteiger partial charge in [0.05, 0.1) is 30.1 Å². The van der Waals surface area contributed by atoms with E-state index in [0.717, 1.165) is 36.3 Å². The molecule has 2 fully saturated rings. The Bertz CT molecular complexity index is 1060. The molecule has 0 radical (unpaired) electrons. The molecule has 1 amide bonds. The highest BCUT2D eigenvalue weighted by atomic mass is 19.1. The maximum Gasteiger partial charge on any atom is 0.256 e. The second kappa shape index (κ2) is 8.49. The predicted molar refractivity (Wildman–Crippen MR) is 114 cm³/mol.